The number of amides is 1. The second-order valence-corrected chi connectivity index (χ2v) is 8.06. The maximum Gasteiger partial charge on any atom is 0.279 e. The van der Waals surface area contributed by atoms with Gasteiger partial charge in [0.15, 0.2) is 16.3 Å². The van der Waals surface area contributed by atoms with Crippen molar-refractivity contribution in [1.82, 2.24) is 4.57 Å². The maximum absolute atomic E-state index is 12.7. The van der Waals surface area contributed by atoms with Gasteiger partial charge in [0, 0.05) is 22.9 Å². The van der Waals surface area contributed by atoms with Crippen LogP contribution >= 0.6 is 34.7 Å². The Hall–Kier alpha value is -1.96. The lowest BCUT2D eigenvalue weighted by Crippen LogP contribution is -2.18. The van der Waals surface area contributed by atoms with Crippen LogP contribution in [0.5, 0.6) is 11.5 Å². The molecule has 3 aromatic rings. The lowest BCUT2D eigenvalue weighted by Gasteiger charge is -2.04. The Kier molecular flexibility index (Phi) is 4.93. The quantitative estimate of drug-likeness (QED) is 0.652. The van der Waals surface area contributed by atoms with E-state index in [-0.39, 0.29) is 12.7 Å². The molecule has 4 rings (SSSR count). The van der Waals surface area contributed by atoms with Crippen molar-refractivity contribution in [2.24, 2.45) is 4.99 Å². The predicted molar refractivity (Wildman–Crippen MR) is 106 cm³/mol. The van der Waals surface area contributed by atoms with Gasteiger partial charge in [-0.3, -0.25) is 4.79 Å². The zero-order valence-corrected chi connectivity index (χ0v) is 16.3. The lowest BCUT2D eigenvalue weighted by atomic mass is 10.2. The summed E-state index contributed by atoms with van der Waals surface area (Å²) in [5.41, 5.74) is 1.51. The van der Waals surface area contributed by atoms with Gasteiger partial charge in [-0.25, -0.2) is 0 Å². The molecule has 0 bridgehead atoms. The number of halogens is 1. The van der Waals surface area contributed by atoms with Gasteiger partial charge >= 0.3 is 0 Å². The number of aryl methyl sites for hydroxylation is 1. The number of rotatable bonds is 4. The summed E-state index contributed by atoms with van der Waals surface area (Å²) in [4.78, 5) is 17.7. The third-order valence-electron chi connectivity index (χ3n) is 3.98. The van der Waals surface area contributed by atoms with E-state index in [1.54, 1.807) is 30.0 Å². The molecule has 1 aromatic heterocycles. The van der Waals surface area contributed by atoms with Crippen LogP contribution in [0.25, 0.3) is 10.2 Å². The highest BCUT2D eigenvalue weighted by Crippen LogP contribution is 2.32. The number of nitrogens with zero attached hydrogens (tertiary/aromatic N) is 2. The van der Waals surface area contributed by atoms with E-state index in [0.717, 1.165) is 22.5 Å². The van der Waals surface area contributed by atoms with Gasteiger partial charge in [0.2, 0.25) is 6.79 Å². The fourth-order valence-corrected chi connectivity index (χ4v) is 4.41. The van der Waals surface area contributed by atoms with Gasteiger partial charge < -0.3 is 14.0 Å². The summed E-state index contributed by atoms with van der Waals surface area (Å²) in [6, 6.07) is 10.8. The number of thiazole rings is 1. The topological polar surface area (TPSA) is 52.8 Å². The van der Waals surface area contributed by atoms with Gasteiger partial charge in [-0.05, 0) is 42.7 Å². The third kappa shape index (κ3) is 3.34. The molecule has 1 aliphatic rings. The number of hydrogen-bond donors (Lipinski definition) is 0. The molecule has 0 N–H and O–H groups in total. The minimum Gasteiger partial charge on any atom is -0.454 e. The molecule has 1 aliphatic heterocycles. The van der Waals surface area contributed by atoms with E-state index in [2.05, 4.69) is 15.8 Å². The zero-order valence-electron chi connectivity index (χ0n) is 13.9. The second kappa shape index (κ2) is 7.34. The summed E-state index contributed by atoms with van der Waals surface area (Å²) in [7, 11) is 0. The number of thioether (sulfide) groups is 1. The second-order valence-electron chi connectivity index (χ2n) is 5.63. The average molecular weight is 407 g/mol. The van der Waals surface area contributed by atoms with Gasteiger partial charge in [-0.2, -0.15) is 16.8 Å². The molecule has 8 heteroatoms. The Balaban J connectivity index is 1.77. The first-order valence-corrected chi connectivity index (χ1v) is 10.5. The number of aromatic nitrogens is 1. The van der Waals surface area contributed by atoms with Crippen LogP contribution in [0.1, 0.15) is 10.4 Å². The molecule has 0 atom stereocenters. The number of ether oxygens (including phenoxy) is 2. The molecule has 134 valence electrons. The van der Waals surface area contributed by atoms with Crippen LogP contribution in [0.4, 0.5) is 0 Å². The molecule has 0 radical (unpaired) electrons. The summed E-state index contributed by atoms with van der Waals surface area (Å²) in [6.45, 7) is 0.950. The third-order valence-corrected chi connectivity index (χ3v) is 5.85. The van der Waals surface area contributed by atoms with E-state index >= 15 is 0 Å². The molecular weight excluding hydrogens is 392 g/mol. The van der Waals surface area contributed by atoms with Crippen molar-refractivity contribution in [3.8, 4) is 11.5 Å². The Morgan fingerprint density at radius 2 is 2.12 bits per heavy atom. The molecule has 0 saturated heterocycles. The van der Waals surface area contributed by atoms with E-state index < -0.39 is 0 Å². The first-order valence-electron chi connectivity index (χ1n) is 7.92. The average Bonchev–Trinajstić information content (AvgIpc) is 3.23. The van der Waals surface area contributed by atoms with E-state index in [9.17, 15) is 4.79 Å². The molecule has 5 nitrogen and oxygen atoms in total. The predicted octanol–water partition coefficient (Wildman–Crippen LogP) is 4.19. The number of benzene rings is 2. The highest BCUT2D eigenvalue weighted by Gasteiger charge is 2.16. The molecule has 0 aliphatic carbocycles. The molecule has 0 fully saturated rings. The molecule has 0 spiro atoms. The van der Waals surface area contributed by atoms with Gasteiger partial charge in [0.1, 0.15) is 0 Å². The number of carbonyl (C=O) groups is 1. The Morgan fingerprint density at radius 3 is 2.96 bits per heavy atom. The molecule has 26 heavy (non-hydrogen) atoms. The number of hydrogen-bond acceptors (Lipinski definition) is 5. The number of carbonyl (C=O) groups excluding carboxylic acids is 1. The Morgan fingerprint density at radius 1 is 1.27 bits per heavy atom. The van der Waals surface area contributed by atoms with Crippen LogP contribution < -0.4 is 14.3 Å². The van der Waals surface area contributed by atoms with Crippen LogP contribution in [0.3, 0.4) is 0 Å². The Labute approximate surface area is 163 Å². The SMILES string of the molecule is CSCCn1c(=NC(=O)c2ccc3c(c2)OCO3)sc2cc(Cl)ccc21. The summed E-state index contributed by atoms with van der Waals surface area (Å²) >= 11 is 9.32. The number of fused-ring (bicyclic) bond motifs is 2. The first-order chi connectivity index (χ1) is 12.7. The minimum absolute atomic E-state index is 0.176. The lowest BCUT2D eigenvalue weighted by molar-refractivity contribution is 0.0997. The van der Waals surface area contributed by atoms with Crippen LogP contribution in [0.2, 0.25) is 5.02 Å². The smallest absolute Gasteiger partial charge is 0.279 e. The van der Waals surface area contributed by atoms with Gasteiger partial charge in [-0.15, -0.1) is 0 Å². The van der Waals surface area contributed by atoms with E-state index in [1.165, 1.54) is 11.3 Å². The summed E-state index contributed by atoms with van der Waals surface area (Å²) in [6.07, 6.45) is 2.06. The van der Waals surface area contributed by atoms with Crippen molar-refractivity contribution >= 4 is 50.8 Å². The molecular formula is C18H15ClN2O3S2. The molecule has 2 heterocycles. The van der Waals surface area contributed by atoms with Crippen molar-refractivity contribution in [3.05, 3.63) is 51.8 Å². The summed E-state index contributed by atoms with van der Waals surface area (Å²) in [5.74, 6) is 1.84. The summed E-state index contributed by atoms with van der Waals surface area (Å²) < 4.78 is 13.7. The van der Waals surface area contributed by atoms with E-state index in [0.29, 0.717) is 26.9 Å². The highest BCUT2D eigenvalue weighted by molar-refractivity contribution is 7.98. The Bertz CT molecular complexity index is 1060. The van der Waals surface area contributed by atoms with Crippen molar-refractivity contribution in [2.45, 2.75) is 6.54 Å². The fraction of sp³-hybridized carbons (Fsp3) is 0.222. The van der Waals surface area contributed by atoms with Gasteiger partial charge in [-0.1, -0.05) is 22.9 Å². The molecule has 0 unspecified atom stereocenters. The monoisotopic (exact) mass is 406 g/mol. The van der Waals surface area contributed by atoms with Crippen molar-refractivity contribution < 1.29 is 14.3 Å². The van der Waals surface area contributed by atoms with E-state index in [1.807, 2.05) is 18.2 Å². The maximum atomic E-state index is 12.7. The highest BCUT2D eigenvalue weighted by atomic mass is 35.5. The van der Waals surface area contributed by atoms with Gasteiger partial charge in [0.25, 0.3) is 5.91 Å². The normalized spacial score (nSPS) is 13.5. The van der Waals surface area contributed by atoms with Crippen molar-refractivity contribution in [3.63, 3.8) is 0 Å². The van der Waals surface area contributed by atoms with Crippen LogP contribution in [0.15, 0.2) is 41.4 Å². The van der Waals surface area contributed by atoms with Crippen LogP contribution in [-0.2, 0) is 6.54 Å². The van der Waals surface area contributed by atoms with E-state index in [4.69, 9.17) is 21.1 Å². The standard InChI is InChI=1S/C18H15ClN2O3S2/c1-25-7-6-21-13-4-3-12(19)9-16(13)26-18(21)20-17(22)11-2-5-14-15(8-11)24-10-23-14/h2-5,8-9H,6-7,10H2,1H3. The minimum atomic E-state index is -0.307. The zero-order chi connectivity index (χ0) is 18.1. The van der Waals surface area contributed by atoms with Gasteiger partial charge in [0.05, 0.1) is 10.2 Å². The summed E-state index contributed by atoms with van der Waals surface area (Å²) in [5, 5.41) is 0.671. The van der Waals surface area contributed by atoms with Crippen LogP contribution in [0, 0.1) is 0 Å². The largest absolute Gasteiger partial charge is 0.454 e. The van der Waals surface area contributed by atoms with Crippen LogP contribution in [-0.4, -0.2) is 29.3 Å². The van der Waals surface area contributed by atoms with Crippen molar-refractivity contribution in [2.75, 3.05) is 18.8 Å². The molecule has 2 aromatic carbocycles. The molecule has 1 amide bonds. The molecule has 0 saturated carbocycles. The van der Waals surface area contributed by atoms with Crippen molar-refractivity contribution in [1.29, 1.82) is 0 Å². The fourth-order valence-electron chi connectivity index (χ4n) is 2.71. The first kappa shape index (κ1) is 17.5.